The lowest BCUT2D eigenvalue weighted by Gasteiger charge is -2.30. The molecule has 4 nitrogen and oxygen atoms in total. The fraction of sp³-hybridized carbons (Fsp3) is 0.500. The molecule has 4 heteroatoms. The Kier molecular flexibility index (Phi) is 5.31. The van der Waals surface area contributed by atoms with Crippen LogP contribution < -0.4 is 5.32 Å². The molecule has 20 heavy (non-hydrogen) atoms. The second kappa shape index (κ2) is 6.55. The molecule has 1 rings (SSSR count). The van der Waals surface area contributed by atoms with Crippen LogP contribution in [0, 0.1) is 12.3 Å². The van der Waals surface area contributed by atoms with Gasteiger partial charge in [0.05, 0.1) is 12.8 Å². The van der Waals surface area contributed by atoms with Gasteiger partial charge in [-0.1, -0.05) is 45.0 Å². The summed E-state index contributed by atoms with van der Waals surface area (Å²) in [6.45, 7) is 7.74. The predicted octanol–water partition coefficient (Wildman–Crippen LogP) is 2.54. The third-order valence-corrected chi connectivity index (χ3v) is 3.37. The summed E-state index contributed by atoms with van der Waals surface area (Å²) in [5, 5.41) is 11.8. The fourth-order valence-corrected chi connectivity index (χ4v) is 1.98. The summed E-state index contributed by atoms with van der Waals surface area (Å²) in [5.41, 5.74) is 1.74. The molecule has 0 aliphatic rings. The van der Waals surface area contributed by atoms with Crippen LogP contribution in [-0.2, 0) is 16.0 Å². The van der Waals surface area contributed by atoms with Crippen molar-refractivity contribution < 1.29 is 14.7 Å². The molecular weight excluding hydrogens is 254 g/mol. The van der Waals surface area contributed by atoms with Gasteiger partial charge in [-0.25, -0.2) is 0 Å². The summed E-state index contributed by atoms with van der Waals surface area (Å²) in [5.74, 6) is -1.04. The van der Waals surface area contributed by atoms with E-state index in [2.05, 4.69) is 5.32 Å². The Morgan fingerprint density at radius 3 is 2.35 bits per heavy atom. The van der Waals surface area contributed by atoms with Crippen LogP contribution in [0.3, 0.4) is 0 Å². The van der Waals surface area contributed by atoms with Crippen LogP contribution >= 0.6 is 0 Å². The number of aryl methyl sites for hydroxylation is 1. The van der Waals surface area contributed by atoms with Gasteiger partial charge in [0, 0.05) is 6.04 Å². The zero-order valence-corrected chi connectivity index (χ0v) is 12.6. The summed E-state index contributed by atoms with van der Waals surface area (Å²) < 4.78 is 0. The smallest absolute Gasteiger partial charge is 0.305 e. The summed E-state index contributed by atoms with van der Waals surface area (Å²) in [6, 6.07) is 7.32. The summed E-state index contributed by atoms with van der Waals surface area (Å²) in [6.07, 6.45) is 0.210. The maximum absolute atomic E-state index is 12.1. The standard InChI is InChI=1S/C16H23NO3/c1-11-7-5-6-8-12(11)9-14(18)17-13(10-15(19)20)16(2,3)4/h5-8,13H,9-10H2,1-4H3,(H,17,18)(H,19,20). The minimum Gasteiger partial charge on any atom is -0.481 e. The first kappa shape index (κ1) is 16.2. The molecule has 0 aliphatic carbocycles. The Bertz CT molecular complexity index is 489. The molecular formula is C16H23NO3. The van der Waals surface area contributed by atoms with Crippen molar-refractivity contribution in [1.29, 1.82) is 0 Å². The average Bonchev–Trinajstić information content (AvgIpc) is 2.29. The summed E-state index contributed by atoms with van der Waals surface area (Å²) in [7, 11) is 0. The van der Waals surface area contributed by atoms with Gasteiger partial charge in [0.2, 0.25) is 5.91 Å². The molecule has 1 atom stereocenters. The van der Waals surface area contributed by atoms with Crippen molar-refractivity contribution in [3.8, 4) is 0 Å². The van der Waals surface area contributed by atoms with Crippen molar-refractivity contribution in [3.05, 3.63) is 35.4 Å². The largest absolute Gasteiger partial charge is 0.481 e. The highest BCUT2D eigenvalue weighted by molar-refractivity contribution is 5.80. The van der Waals surface area contributed by atoms with E-state index in [0.29, 0.717) is 0 Å². The maximum atomic E-state index is 12.1. The van der Waals surface area contributed by atoms with Crippen LogP contribution in [0.25, 0.3) is 0 Å². The SMILES string of the molecule is Cc1ccccc1CC(=O)NC(CC(=O)O)C(C)(C)C. The van der Waals surface area contributed by atoms with Gasteiger partial charge in [-0.2, -0.15) is 0 Å². The normalized spacial score (nSPS) is 12.8. The van der Waals surface area contributed by atoms with Crippen molar-refractivity contribution in [1.82, 2.24) is 5.32 Å². The number of hydrogen-bond acceptors (Lipinski definition) is 2. The summed E-state index contributed by atoms with van der Waals surface area (Å²) in [4.78, 5) is 23.0. The van der Waals surface area contributed by atoms with E-state index in [1.165, 1.54) is 0 Å². The number of benzene rings is 1. The van der Waals surface area contributed by atoms with Crippen molar-refractivity contribution >= 4 is 11.9 Å². The van der Waals surface area contributed by atoms with E-state index in [9.17, 15) is 9.59 Å². The molecule has 0 spiro atoms. The third kappa shape index (κ3) is 5.03. The molecule has 1 aromatic carbocycles. The van der Waals surface area contributed by atoms with Crippen molar-refractivity contribution in [2.45, 2.75) is 46.6 Å². The molecule has 0 aromatic heterocycles. The Balaban J connectivity index is 2.72. The van der Waals surface area contributed by atoms with Gasteiger partial charge in [-0.15, -0.1) is 0 Å². The molecule has 1 amide bonds. The van der Waals surface area contributed by atoms with Crippen LogP contribution in [0.1, 0.15) is 38.3 Å². The average molecular weight is 277 g/mol. The van der Waals surface area contributed by atoms with Gasteiger partial charge in [0.15, 0.2) is 0 Å². The first-order valence-corrected chi connectivity index (χ1v) is 6.76. The fourth-order valence-electron chi connectivity index (χ4n) is 1.98. The van der Waals surface area contributed by atoms with Gasteiger partial charge in [-0.3, -0.25) is 9.59 Å². The lowest BCUT2D eigenvalue weighted by Crippen LogP contribution is -2.45. The highest BCUT2D eigenvalue weighted by Gasteiger charge is 2.28. The molecule has 0 bridgehead atoms. The maximum Gasteiger partial charge on any atom is 0.305 e. The van der Waals surface area contributed by atoms with Gasteiger partial charge >= 0.3 is 5.97 Å². The van der Waals surface area contributed by atoms with Crippen LogP contribution in [-0.4, -0.2) is 23.0 Å². The lowest BCUT2D eigenvalue weighted by molar-refractivity contribution is -0.138. The number of aliphatic carboxylic acids is 1. The quantitative estimate of drug-likeness (QED) is 0.869. The summed E-state index contributed by atoms with van der Waals surface area (Å²) >= 11 is 0. The Morgan fingerprint density at radius 1 is 1.25 bits per heavy atom. The molecule has 0 fully saturated rings. The third-order valence-electron chi connectivity index (χ3n) is 3.37. The Hall–Kier alpha value is -1.84. The minimum absolute atomic E-state index is 0.0665. The van der Waals surface area contributed by atoms with E-state index >= 15 is 0 Å². The van der Waals surface area contributed by atoms with Crippen LogP contribution in [0.5, 0.6) is 0 Å². The van der Waals surface area contributed by atoms with E-state index in [4.69, 9.17) is 5.11 Å². The molecule has 1 aromatic rings. The van der Waals surface area contributed by atoms with Crippen molar-refractivity contribution in [2.24, 2.45) is 5.41 Å². The number of carbonyl (C=O) groups excluding carboxylic acids is 1. The number of nitrogens with one attached hydrogen (secondary N) is 1. The first-order valence-electron chi connectivity index (χ1n) is 6.76. The Morgan fingerprint density at radius 2 is 1.85 bits per heavy atom. The highest BCUT2D eigenvalue weighted by Crippen LogP contribution is 2.22. The Labute approximate surface area is 120 Å². The lowest BCUT2D eigenvalue weighted by atomic mass is 9.84. The number of amides is 1. The van der Waals surface area contributed by atoms with Gasteiger partial charge in [0.25, 0.3) is 0 Å². The number of rotatable bonds is 5. The molecule has 0 saturated heterocycles. The molecule has 110 valence electrons. The molecule has 2 N–H and O–H groups in total. The minimum atomic E-state index is -0.902. The zero-order valence-electron chi connectivity index (χ0n) is 12.6. The topological polar surface area (TPSA) is 66.4 Å². The number of hydrogen-bond donors (Lipinski definition) is 2. The van der Waals surface area contributed by atoms with Crippen LogP contribution in [0.15, 0.2) is 24.3 Å². The highest BCUT2D eigenvalue weighted by atomic mass is 16.4. The molecule has 0 radical (unpaired) electrons. The number of carbonyl (C=O) groups is 2. The van der Waals surface area contributed by atoms with Gasteiger partial charge in [0.1, 0.15) is 0 Å². The monoisotopic (exact) mass is 277 g/mol. The number of carboxylic acid groups (broad SMARTS) is 1. The van der Waals surface area contributed by atoms with Crippen LogP contribution in [0.2, 0.25) is 0 Å². The first-order chi connectivity index (χ1) is 9.20. The van der Waals surface area contributed by atoms with E-state index in [1.807, 2.05) is 52.0 Å². The number of carboxylic acids is 1. The zero-order chi connectivity index (χ0) is 15.3. The van der Waals surface area contributed by atoms with Crippen LogP contribution in [0.4, 0.5) is 0 Å². The van der Waals surface area contributed by atoms with Gasteiger partial charge < -0.3 is 10.4 Å². The second-order valence-corrected chi connectivity index (χ2v) is 6.19. The predicted molar refractivity (Wildman–Crippen MR) is 78.5 cm³/mol. The van der Waals surface area contributed by atoms with Crippen molar-refractivity contribution in [2.75, 3.05) is 0 Å². The molecule has 1 unspecified atom stereocenters. The van der Waals surface area contributed by atoms with E-state index in [-0.39, 0.29) is 30.2 Å². The molecule has 0 saturated carbocycles. The molecule has 0 aliphatic heterocycles. The van der Waals surface area contributed by atoms with E-state index in [0.717, 1.165) is 11.1 Å². The van der Waals surface area contributed by atoms with Gasteiger partial charge in [-0.05, 0) is 23.5 Å². The van der Waals surface area contributed by atoms with E-state index in [1.54, 1.807) is 0 Å². The molecule has 0 heterocycles. The van der Waals surface area contributed by atoms with E-state index < -0.39 is 5.97 Å². The second-order valence-electron chi connectivity index (χ2n) is 6.19. The van der Waals surface area contributed by atoms with Crippen molar-refractivity contribution in [3.63, 3.8) is 0 Å².